The molecule has 0 bridgehead atoms. The van der Waals surface area contributed by atoms with Crippen LogP contribution in [0.1, 0.15) is 31.7 Å². The molecule has 0 saturated carbocycles. The summed E-state index contributed by atoms with van der Waals surface area (Å²) in [5, 5.41) is 6.40. The van der Waals surface area contributed by atoms with E-state index in [1.54, 1.807) is 0 Å². The number of piperidine rings is 1. The molecule has 1 fully saturated rings. The molecule has 19 heavy (non-hydrogen) atoms. The molecule has 2 rings (SSSR count). The monoisotopic (exact) mass is 324 g/mol. The lowest BCUT2D eigenvalue weighted by molar-refractivity contribution is -0.127. The normalized spacial score (nSPS) is 18.1. The first-order chi connectivity index (χ1) is 9.07. The number of aryl methyl sites for hydroxylation is 1. The average molecular weight is 325 g/mol. The molecule has 1 amide bonds. The van der Waals surface area contributed by atoms with Gasteiger partial charge in [0.2, 0.25) is 5.91 Å². The van der Waals surface area contributed by atoms with Crippen LogP contribution in [0.3, 0.4) is 0 Å². The minimum Gasteiger partial charge on any atom is -0.326 e. The van der Waals surface area contributed by atoms with Crippen molar-refractivity contribution in [1.29, 1.82) is 0 Å². The summed E-state index contributed by atoms with van der Waals surface area (Å²) >= 11 is 3.50. The number of carbonyl (C=O) groups is 1. The third-order valence-electron chi connectivity index (χ3n) is 4.15. The highest BCUT2D eigenvalue weighted by Gasteiger charge is 2.37. The highest BCUT2D eigenvalue weighted by Crippen LogP contribution is 2.34. The summed E-state index contributed by atoms with van der Waals surface area (Å²) in [7, 11) is 0. The maximum Gasteiger partial charge on any atom is 0.230 e. The Morgan fingerprint density at radius 1 is 1.42 bits per heavy atom. The Bertz CT molecular complexity index is 467. The molecule has 1 saturated heterocycles. The number of benzene rings is 1. The fraction of sp³-hybridized carbons (Fsp3) is 0.533. The fourth-order valence-electron chi connectivity index (χ4n) is 2.58. The molecule has 1 aromatic carbocycles. The third kappa shape index (κ3) is 3.18. The van der Waals surface area contributed by atoms with Gasteiger partial charge in [-0.2, -0.15) is 0 Å². The third-order valence-corrected chi connectivity index (χ3v) is 5.00. The highest BCUT2D eigenvalue weighted by molar-refractivity contribution is 9.10. The molecular weight excluding hydrogens is 304 g/mol. The summed E-state index contributed by atoms with van der Waals surface area (Å²) in [6, 6.07) is 5.95. The van der Waals surface area contributed by atoms with Crippen LogP contribution in [0, 0.1) is 12.3 Å². The van der Waals surface area contributed by atoms with Crippen molar-refractivity contribution < 1.29 is 4.79 Å². The van der Waals surface area contributed by atoms with Gasteiger partial charge in [0, 0.05) is 10.2 Å². The van der Waals surface area contributed by atoms with Gasteiger partial charge in [0.25, 0.3) is 0 Å². The number of carbonyl (C=O) groups excluding carboxylic acids is 1. The molecule has 0 atom stereocenters. The Morgan fingerprint density at radius 2 is 2.11 bits per heavy atom. The molecule has 0 aliphatic carbocycles. The lowest BCUT2D eigenvalue weighted by Gasteiger charge is -2.35. The van der Waals surface area contributed by atoms with Crippen molar-refractivity contribution in [3.05, 3.63) is 28.2 Å². The van der Waals surface area contributed by atoms with Crippen LogP contribution in [0.2, 0.25) is 0 Å². The molecule has 0 spiro atoms. The molecule has 1 aliphatic rings. The van der Waals surface area contributed by atoms with Crippen molar-refractivity contribution in [2.45, 2.75) is 33.1 Å². The van der Waals surface area contributed by atoms with E-state index >= 15 is 0 Å². The van der Waals surface area contributed by atoms with E-state index in [1.165, 1.54) is 5.56 Å². The van der Waals surface area contributed by atoms with Gasteiger partial charge in [-0.1, -0.05) is 28.9 Å². The van der Waals surface area contributed by atoms with E-state index in [-0.39, 0.29) is 11.3 Å². The molecule has 3 nitrogen and oxygen atoms in total. The first-order valence-corrected chi connectivity index (χ1v) is 7.65. The summed E-state index contributed by atoms with van der Waals surface area (Å²) in [6.45, 7) is 6.00. The minimum absolute atomic E-state index is 0.159. The van der Waals surface area contributed by atoms with Crippen LogP contribution >= 0.6 is 15.9 Å². The summed E-state index contributed by atoms with van der Waals surface area (Å²) in [4.78, 5) is 12.6. The fourth-order valence-corrected chi connectivity index (χ4v) is 2.96. The second-order valence-electron chi connectivity index (χ2n) is 5.30. The van der Waals surface area contributed by atoms with Gasteiger partial charge in [0.15, 0.2) is 0 Å². The Kier molecular flexibility index (Phi) is 4.63. The van der Waals surface area contributed by atoms with Crippen LogP contribution in [0.15, 0.2) is 22.7 Å². The number of anilines is 1. The summed E-state index contributed by atoms with van der Waals surface area (Å²) in [6.07, 6.45) is 2.73. The Balaban J connectivity index is 2.12. The molecule has 0 radical (unpaired) electrons. The van der Waals surface area contributed by atoms with Crippen LogP contribution in [0.25, 0.3) is 0 Å². The van der Waals surface area contributed by atoms with Crippen LogP contribution in [0.5, 0.6) is 0 Å². The van der Waals surface area contributed by atoms with Gasteiger partial charge in [0.05, 0.1) is 5.41 Å². The SMILES string of the molecule is CCC1(C(=O)Nc2ccc(C)c(Br)c2)CCNCC1. The molecule has 4 heteroatoms. The van der Waals surface area contributed by atoms with E-state index < -0.39 is 0 Å². The molecule has 1 heterocycles. The molecule has 0 unspecified atom stereocenters. The van der Waals surface area contributed by atoms with Gasteiger partial charge in [-0.25, -0.2) is 0 Å². The zero-order valence-electron chi connectivity index (χ0n) is 11.6. The number of hydrogen-bond donors (Lipinski definition) is 2. The molecule has 1 aromatic rings. The number of hydrogen-bond acceptors (Lipinski definition) is 2. The smallest absolute Gasteiger partial charge is 0.230 e. The predicted octanol–water partition coefficient (Wildman–Crippen LogP) is 3.48. The number of halogens is 1. The van der Waals surface area contributed by atoms with E-state index in [2.05, 4.69) is 33.5 Å². The zero-order chi connectivity index (χ0) is 13.9. The minimum atomic E-state index is -0.206. The maximum absolute atomic E-state index is 12.6. The van der Waals surface area contributed by atoms with Gasteiger partial charge in [-0.3, -0.25) is 4.79 Å². The van der Waals surface area contributed by atoms with E-state index in [0.29, 0.717) is 0 Å². The van der Waals surface area contributed by atoms with E-state index in [0.717, 1.165) is 42.5 Å². The van der Waals surface area contributed by atoms with Crippen molar-refractivity contribution in [2.75, 3.05) is 18.4 Å². The standard InChI is InChI=1S/C15H21BrN2O/c1-3-15(6-8-17-9-7-15)14(19)18-12-5-4-11(2)13(16)10-12/h4-5,10,17H,3,6-9H2,1-2H3,(H,18,19). The van der Waals surface area contributed by atoms with Crippen LogP contribution in [-0.2, 0) is 4.79 Å². The second kappa shape index (κ2) is 6.06. The van der Waals surface area contributed by atoms with E-state index in [1.807, 2.05) is 25.1 Å². The molecule has 0 aromatic heterocycles. The number of rotatable bonds is 3. The summed E-state index contributed by atoms with van der Waals surface area (Å²) in [5.41, 5.74) is 1.83. The van der Waals surface area contributed by atoms with Crippen LogP contribution in [0.4, 0.5) is 5.69 Å². The topological polar surface area (TPSA) is 41.1 Å². The molecule has 104 valence electrons. The quantitative estimate of drug-likeness (QED) is 0.893. The second-order valence-corrected chi connectivity index (χ2v) is 6.16. The first kappa shape index (κ1) is 14.5. The van der Waals surface area contributed by atoms with E-state index in [9.17, 15) is 4.79 Å². The predicted molar refractivity (Wildman–Crippen MR) is 82.3 cm³/mol. The number of nitrogens with one attached hydrogen (secondary N) is 2. The molecular formula is C15H21BrN2O. The van der Waals surface area contributed by atoms with Crippen LogP contribution < -0.4 is 10.6 Å². The van der Waals surface area contributed by atoms with Crippen molar-refractivity contribution >= 4 is 27.5 Å². The summed E-state index contributed by atoms with van der Waals surface area (Å²) < 4.78 is 1.03. The first-order valence-electron chi connectivity index (χ1n) is 6.86. The van der Waals surface area contributed by atoms with Gasteiger partial charge in [0.1, 0.15) is 0 Å². The zero-order valence-corrected chi connectivity index (χ0v) is 13.1. The van der Waals surface area contributed by atoms with Crippen molar-refractivity contribution in [2.24, 2.45) is 5.41 Å². The van der Waals surface area contributed by atoms with Crippen molar-refractivity contribution in [3.63, 3.8) is 0 Å². The number of amides is 1. The van der Waals surface area contributed by atoms with Crippen LogP contribution in [-0.4, -0.2) is 19.0 Å². The summed E-state index contributed by atoms with van der Waals surface area (Å²) in [5.74, 6) is 0.159. The van der Waals surface area contributed by atoms with E-state index in [4.69, 9.17) is 0 Å². The molecule has 2 N–H and O–H groups in total. The van der Waals surface area contributed by atoms with Crippen molar-refractivity contribution in [1.82, 2.24) is 5.32 Å². The average Bonchev–Trinajstić information content (AvgIpc) is 2.43. The lowest BCUT2D eigenvalue weighted by Crippen LogP contribution is -2.44. The Labute approximate surface area is 123 Å². The largest absolute Gasteiger partial charge is 0.326 e. The Morgan fingerprint density at radius 3 is 2.68 bits per heavy atom. The Hall–Kier alpha value is -0.870. The van der Waals surface area contributed by atoms with Gasteiger partial charge < -0.3 is 10.6 Å². The highest BCUT2D eigenvalue weighted by atomic mass is 79.9. The maximum atomic E-state index is 12.6. The van der Waals surface area contributed by atoms with Gasteiger partial charge in [-0.15, -0.1) is 0 Å². The van der Waals surface area contributed by atoms with Crippen molar-refractivity contribution in [3.8, 4) is 0 Å². The van der Waals surface area contributed by atoms with Gasteiger partial charge >= 0.3 is 0 Å². The molecule has 1 aliphatic heterocycles. The lowest BCUT2D eigenvalue weighted by atomic mass is 9.76. The van der Waals surface area contributed by atoms with Gasteiger partial charge in [-0.05, 0) is 57.0 Å².